The van der Waals surface area contributed by atoms with Crippen LogP contribution in [-0.4, -0.2) is 36.9 Å². The Kier molecular flexibility index (Phi) is 5.74. The van der Waals surface area contributed by atoms with Crippen LogP contribution in [0.1, 0.15) is 16.7 Å². The summed E-state index contributed by atoms with van der Waals surface area (Å²) >= 11 is 11.4. The number of halogens is 7. The lowest BCUT2D eigenvalue weighted by atomic mass is 9.74. The number of primary amides is 1. The van der Waals surface area contributed by atoms with E-state index in [2.05, 4.69) is 5.48 Å². The van der Waals surface area contributed by atoms with Crippen molar-refractivity contribution in [2.24, 2.45) is 5.73 Å². The van der Waals surface area contributed by atoms with Crippen molar-refractivity contribution in [3.8, 4) is 0 Å². The number of rotatable bonds is 4. The average molecular weight is 508 g/mol. The number of nitrogens with two attached hydrogens (primary N) is 1. The van der Waals surface area contributed by atoms with Gasteiger partial charge in [-0.3, -0.25) is 10.3 Å². The maximum Gasteiger partial charge on any atom is 0.428 e. The second-order valence-electron chi connectivity index (χ2n) is 7.94. The second kappa shape index (κ2) is 8.03. The molecule has 2 heterocycles. The van der Waals surface area contributed by atoms with Gasteiger partial charge in [-0.1, -0.05) is 47.5 Å². The Morgan fingerprint density at radius 2 is 1.70 bits per heavy atom. The van der Waals surface area contributed by atoms with Gasteiger partial charge in [-0.05, 0) is 29.3 Å². The van der Waals surface area contributed by atoms with Crippen LogP contribution in [0.25, 0.3) is 5.70 Å². The number of hydrogen-bond donors (Lipinski definition) is 2. The van der Waals surface area contributed by atoms with Crippen LogP contribution in [0.5, 0.6) is 0 Å². The van der Waals surface area contributed by atoms with Crippen molar-refractivity contribution in [1.29, 1.82) is 0 Å². The molecule has 2 aliphatic rings. The Morgan fingerprint density at radius 1 is 1.12 bits per heavy atom. The smallest absolute Gasteiger partial charge is 0.351 e. The first kappa shape index (κ1) is 23.6. The Bertz CT molecular complexity index is 1110. The molecule has 3 N–H and O–H groups in total. The Hall–Kier alpha value is -2.56. The molecule has 2 aromatic rings. The fourth-order valence-corrected chi connectivity index (χ4v) is 4.43. The van der Waals surface area contributed by atoms with E-state index in [-0.39, 0.29) is 18.8 Å². The predicted molar refractivity (Wildman–Crippen MR) is 112 cm³/mol. The molecule has 2 aliphatic heterocycles. The molecule has 33 heavy (non-hydrogen) atoms. The molecular weight excluding hydrogens is 492 g/mol. The Morgan fingerprint density at radius 3 is 2.18 bits per heavy atom. The standard InChI is InChI=1S/C21H16Cl2F5N3O2/c22-14-5-13(6-15(23)17(14)25)20(21(26,27)28)7-16(30-33-20)11-1-3-12(4-2-11)19(8-24)9-31(10-19)18(29)32/h1-7,30H,8-10H2,(H2,29,32). The molecule has 1 fully saturated rings. The molecule has 176 valence electrons. The number of hydrogen-bond acceptors (Lipinski definition) is 3. The minimum absolute atomic E-state index is 0.0166. The van der Waals surface area contributed by atoms with Gasteiger partial charge in [-0.25, -0.2) is 13.6 Å². The Balaban J connectivity index is 1.68. The van der Waals surface area contributed by atoms with Gasteiger partial charge < -0.3 is 10.6 Å². The Labute approximate surface area is 194 Å². The van der Waals surface area contributed by atoms with E-state index in [4.69, 9.17) is 33.8 Å². The summed E-state index contributed by atoms with van der Waals surface area (Å²) in [4.78, 5) is 17.5. The van der Waals surface area contributed by atoms with E-state index in [1.165, 1.54) is 17.0 Å². The van der Waals surface area contributed by atoms with Gasteiger partial charge in [0.1, 0.15) is 6.67 Å². The van der Waals surface area contributed by atoms with Gasteiger partial charge in [-0.15, -0.1) is 0 Å². The summed E-state index contributed by atoms with van der Waals surface area (Å²) in [6, 6.07) is 7.07. The maximum absolute atomic E-state index is 14.1. The van der Waals surface area contributed by atoms with Gasteiger partial charge in [0.15, 0.2) is 5.82 Å². The highest BCUT2D eigenvalue weighted by Gasteiger charge is 2.60. The summed E-state index contributed by atoms with van der Waals surface area (Å²) in [5, 5.41) is -1.17. The first-order valence-electron chi connectivity index (χ1n) is 9.52. The number of benzene rings is 2. The first-order chi connectivity index (χ1) is 15.4. The molecule has 4 rings (SSSR count). The quantitative estimate of drug-likeness (QED) is 0.448. The molecule has 5 nitrogen and oxygen atoms in total. The lowest BCUT2D eigenvalue weighted by Gasteiger charge is -2.48. The van der Waals surface area contributed by atoms with Crippen LogP contribution in [0, 0.1) is 5.82 Å². The number of amides is 2. The van der Waals surface area contributed by atoms with Crippen molar-refractivity contribution < 1.29 is 31.6 Å². The number of hydroxylamine groups is 1. The first-order valence-corrected chi connectivity index (χ1v) is 10.3. The lowest BCUT2D eigenvalue weighted by molar-refractivity contribution is -0.269. The molecule has 2 aromatic carbocycles. The third-order valence-electron chi connectivity index (χ3n) is 5.87. The summed E-state index contributed by atoms with van der Waals surface area (Å²) < 4.78 is 69.8. The van der Waals surface area contributed by atoms with E-state index in [0.29, 0.717) is 11.1 Å². The molecule has 0 aromatic heterocycles. The molecule has 2 amide bonds. The average Bonchev–Trinajstić information content (AvgIpc) is 3.18. The van der Waals surface area contributed by atoms with Gasteiger partial charge in [-0.2, -0.15) is 13.2 Å². The molecule has 1 unspecified atom stereocenters. The molecule has 12 heteroatoms. The zero-order valence-electron chi connectivity index (χ0n) is 16.6. The van der Waals surface area contributed by atoms with E-state index >= 15 is 0 Å². The molecule has 1 saturated heterocycles. The summed E-state index contributed by atoms with van der Waals surface area (Å²) in [6.45, 7) is -0.527. The van der Waals surface area contributed by atoms with Crippen molar-refractivity contribution in [2.45, 2.75) is 17.2 Å². The number of likely N-dealkylation sites (tertiary alicyclic amines) is 1. The number of carbonyl (C=O) groups is 1. The van der Waals surface area contributed by atoms with Crippen LogP contribution in [0.2, 0.25) is 10.0 Å². The predicted octanol–water partition coefficient (Wildman–Crippen LogP) is 5.07. The molecule has 0 bridgehead atoms. The van der Waals surface area contributed by atoms with Gasteiger partial charge in [0, 0.05) is 18.7 Å². The molecular formula is C21H16Cl2F5N3O2. The van der Waals surface area contributed by atoms with Crippen molar-refractivity contribution in [1.82, 2.24) is 10.4 Å². The van der Waals surface area contributed by atoms with Gasteiger partial charge in [0.2, 0.25) is 5.60 Å². The van der Waals surface area contributed by atoms with E-state index in [0.717, 1.165) is 18.2 Å². The maximum atomic E-state index is 14.1. The van der Waals surface area contributed by atoms with Crippen LogP contribution in [0.3, 0.4) is 0 Å². The number of carbonyl (C=O) groups excluding carboxylic acids is 1. The minimum Gasteiger partial charge on any atom is -0.351 e. The zero-order valence-corrected chi connectivity index (χ0v) is 18.2. The summed E-state index contributed by atoms with van der Waals surface area (Å²) in [7, 11) is 0. The number of nitrogens with zero attached hydrogens (tertiary/aromatic N) is 1. The van der Waals surface area contributed by atoms with Crippen molar-refractivity contribution in [2.75, 3.05) is 19.8 Å². The molecule has 0 radical (unpaired) electrons. The van der Waals surface area contributed by atoms with Crippen LogP contribution in [0.4, 0.5) is 26.7 Å². The normalized spacial score (nSPS) is 21.9. The summed E-state index contributed by atoms with van der Waals surface area (Å²) in [5.41, 5.74) is 3.94. The lowest BCUT2D eigenvalue weighted by Crippen LogP contribution is -2.63. The van der Waals surface area contributed by atoms with Crippen LogP contribution < -0.4 is 11.2 Å². The van der Waals surface area contributed by atoms with Crippen molar-refractivity contribution >= 4 is 34.9 Å². The number of nitrogens with one attached hydrogen (secondary N) is 1. The number of alkyl halides is 4. The van der Waals surface area contributed by atoms with Gasteiger partial charge in [0.25, 0.3) is 0 Å². The third-order valence-corrected chi connectivity index (χ3v) is 6.42. The number of urea groups is 1. The van der Waals surface area contributed by atoms with Crippen LogP contribution in [0.15, 0.2) is 42.5 Å². The SMILES string of the molecule is NC(=O)N1CC(CF)(c2ccc(C3=CC(c4cc(Cl)c(F)c(Cl)c4)(C(F)(F)F)ON3)cc2)C1. The summed E-state index contributed by atoms with van der Waals surface area (Å²) in [6.07, 6.45) is -4.15. The monoisotopic (exact) mass is 507 g/mol. The van der Waals surface area contributed by atoms with Gasteiger partial charge in [0.05, 0.1) is 21.2 Å². The van der Waals surface area contributed by atoms with Crippen LogP contribution in [-0.2, 0) is 15.9 Å². The highest BCUT2D eigenvalue weighted by molar-refractivity contribution is 6.35. The zero-order chi connectivity index (χ0) is 24.2. The fraction of sp³-hybridized carbons (Fsp3) is 0.286. The van der Waals surface area contributed by atoms with Crippen LogP contribution >= 0.6 is 23.2 Å². The summed E-state index contributed by atoms with van der Waals surface area (Å²) in [5.74, 6) is -1.04. The highest BCUT2D eigenvalue weighted by Crippen LogP contribution is 2.48. The van der Waals surface area contributed by atoms with E-state index in [1.54, 1.807) is 12.1 Å². The van der Waals surface area contributed by atoms with Gasteiger partial charge >= 0.3 is 12.2 Å². The minimum atomic E-state index is -4.95. The largest absolute Gasteiger partial charge is 0.428 e. The fourth-order valence-electron chi connectivity index (χ4n) is 3.94. The molecule has 0 aliphatic carbocycles. The van der Waals surface area contributed by atoms with E-state index in [1.807, 2.05) is 0 Å². The molecule has 1 atom stereocenters. The third kappa shape index (κ3) is 3.79. The topological polar surface area (TPSA) is 67.6 Å². The molecule has 0 saturated carbocycles. The second-order valence-corrected chi connectivity index (χ2v) is 8.75. The highest BCUT2D eigenvalue weighted by atomic mass is 35.5. The molecule has 0 spiro atoms. The van der Waals surface area contributed by atoms with Crippen molar-refractivity contribution in [3.63, 3.8) is 0 Å². The van der Waals surface area contributed by atoms with Crippen molar-refractivity contribution in [3.05, 3.63) is 75.0 Å². The van der Waals surface area contributed by atoms with E-state index in [9.17, 15) is 26.7 Å². The van der Waals surface area contributed by atoms with E-state index < -0.39 is 51.3 Å².